The van der Waals surface area contributed by atoms with Crippen LogP contribution >= 0.6 is 15.9 Å². The summed E-state index contributed by atoms with van der Waals surface area (Å²) in [6, 6.07) is 8.49. The van der Waals surface area contributed by atoms with Gasteiger partial charge in [-0.05, 0) is 30.9 Å². The zero-order valence-electron chi connectivity index (χ0n) is 10.8. The maximum atomic E-state index is 6.31. The minimum atomic E-state index is 0.0850. The van der Waals surface area contributed by atoms with Crippen molar-refractivity contribution in [3.63, 3.8) is 0 Å². The van der Waals surface area contributed by atoms with E-state index < -0.39 is 0 Å². The Hall–Kier alpha value is -0.420. The second kappa shape index (κ2) is 6.66. The van der Waals surface area contributed by atoms with Gasteiger partial charge < -0.3 is 5.73 Å². The first-order chi connectivity index (χ1) is 8.74. The van der Waals surface area contributed by atoms with Crippen LogP contribution in [0, 0.1) is 0 Å². The van der Waals surface area contributed by atoms with Crippen LogP contribution < -0.4 is 5.73 Å². The van der Waals surface area contributed by atoms with Crippen LogP contribution in [0.3, 0.4) is 0 Å². The third-order valence-electron chi connectivity index (χ3n) is 3.44. The van der Waals surface area contributed by atoms with Crippen LogP contribution in [0.15, 0.2) is 28.7 Å². The largest absolute Gasteiger partial charge is 0.326 e. The molecule has 1 aromatic carbocycles. The normalized spacial score (nSPS) is 20.6. The minimum absolute atomic E-state index is 0.0850. The molecule has 0 aliphatic carbocycles. The van der Waals surface area contributed by atoms with Crippen LogP contribution in [0.1, 0.15) is 37.8 Å². The first-order valence-electron chi connectivity index (χ1n) is 6.63. The summed E-state index contributed by atoms with van der Waals surface area (Å²) >= 11 is 3.62. The van der Waals surface area contributed by atoms with Crippen molar-refractivity contribution >= 4 is 15.9 Å². The van der Waals surface area contributed by atoms with Crippen LogP contribution in [0.25, 0.3) is 0 Å². The molecule has 2 N–H and O–H groups in total. The van der Waals surface area contributed by atoms with Crippen LogP contribution in [0.2, 0.25) is 0 Å². The standard InChI is InChI=1S/C14H21BrN2O/c1-2-13(16)14(17-9-5-6-10-18-17)11-7-3-4-8-12(11)15/h3-4,7-8,13-14H,2,5-6,9-10,16H2,1H3. The zero-order chi connectivity index (χ0) is 13.0. The maximum absolute atomic E-state index is 6.31. The van der Waals surface area contributed by atoms with Gasteiger partial charge in [-0.25, -0.2) is 0 Å². The van der Waals surface area contributed by atoms with Gasteiger partial charge in [0.1, 0.15) is 0 Å². The lowest BCUT2D eigenvalue weighted by Gasteiger charge is -2.37. The number of rotatable bonds is 4. The van der Waals surface area contributed by atoms with Crippen molar-refractivity contribution < 1.29 is 4.84 Å². The molecule has 0 spiro atoms. The summed E-state index contributed by atoms with van der Waals surface area (Å²) < 4.78 is 1.10. The zero-order valence-corrected chi connectivity index (χ0v) is 12.4. The predicted molar refractivity (Wildman–Crippen MR) is 77.0 cm³/mol. The highest BCUT2D eigenvalue weighted by Crippen LogP contribution is 2.32. The van der Waals surface area contributed by atoms with E-state index in [9.17, 15) is 0 Å². The molecule has 0 radical (unpaired) electrons. The van der Waals surface area contributed by atoms with Crippen LogP contribution in [0.4, 0.5) is 0 Å². The van der Waals surface area contributed by atoms with Crippen molar-refractivity contribution in [3.05, 3.63) is 34.3 Å². The monoisotopic (exact) mass is 312 g/mol. The lowest BCUT2D eigenvalue weighted by Crippen LogP contribution is -2.43. The number of benzene rings is 1. The molecule has 2 unspecified atom stereocenters. The van der Waals surface area contributed by atoms with Gasteiger partial charge in [-0.2, -0.15) is 5.06 Å². The molecule has 1 aliphatic rings. The molecule has 1 aliphatic heterocycles. The molecule has 0 aromatic heterocycles. The summed E-state index contributed by atoms with van der Waals surface area (Å²) in [5, 5.41) is 2.07. The molecule has 1 aromatic rings. The minimum Gasteiger partial charge on any atom is -0.326 e. The molecule has 2 atom stereocenters. The Labute approximate surface area is 117 Å². The Morgan fingerprint density at radius 1 is 1.39 bits per heavy atom. The highest BCUT2D eigenvalue weighted by Gasteiger charge is 2.29. The van der Waals surface area contributed by atoms with E-state index in [2.05, 4.69) is 46.1 Å². The molecular formula is C14H21BrN2O. The topological polar surface area (TPSA) is 38.5 Å². The van der Waals surface area contributed by atoms with Crippen molar-refractivity contribution in [1.29, 1.82) is 0 Å². The van der Waals surface area contributed by atoms with Gasteiger partial charge in [0.2, 0.25) is 0 Å². The number of hydrogen-bond acceptors (Lipinski definition) is 3. The van der Waals surface area contributed by atoms with E-state index in [0.29, 0.717) is 0 Å². The van der Waals surface area contributed by atoms with Gasteiger partial charge in [-0.15, -0.1) is 0 Å². The highest BCUT2D eigenvalue weighted by molar-refractivity contribution is 9.10. The second-order valence-corrected chi connectivity index (χ2v) is 5.57. The van der Waals surface area contributed by atoms with E-state index in [1.807, 2.05) is 6.07 Å². The van der Waals surface area contributed by atoms with Gasteiger partial charge in [0, 0.05) is 17.1 Å². The number of nitrogens with zero attached hydrogens (tertiary/aromatic N) is 1. The Bertz CT molecular complexity index is 380. The Balaban J connectivity index is 2.27. The molecule has 4 heteroatoms. The fourth-order valence-electron chi connectivity index (χ4n) is 2.37. The summed E-state index contributed by atoms with van der Waals surface area (Å²) in [6.45, 7) is 3.88. The fourth-order valence-corrected chi connectivity index (χ4v) is 2.89. The SMILES string of the molecule is CCC(N)C(c1ccccc1Br)N1CCCCO1. The Morgan fingerprint density at radius 3 is 2.78 bits per heavy atom. The summed E-state index contributed by atoms with van der Waals surface area (Å²) in [4.78, 5) is 5.80. The molecule has 18 heavy (non-hydrogen) atoms. The van der Waals surface area contributed by atoms with E-state index in [1.165, 1.54) is 12.0 Å². The summed E-state index contributed by atoms with van der Waals surface area (Å²) in [5.41, 5.74) is 7.52. The molecule has 3 nitrogen and oxygen atoms in total. The maximum Gasteiger partial charge on any atom is 0.0763 e. The average molecular weight is 313 g/mol. The molecule has 1 saturated heterocycles. The third kappa shape index (κ3) is 3.12. The van der Waals surface area contributed by atoms with Crippen LogP contribution in [0.5, 0.6) is 0 Å². The van der Waals surface area contributed by atoms with Crippen molar-refractivity contribution in [2.45, 2.75) is 38.3 Å². The highest BCUT2D eigenvalue weighted by atomic mass is 79.9. The van der Waals surface area contributed by atoms with Crippen LogP contribution in [-0.4, -0.2) is 24.3 Å². The number of hydrogen-bond donors (Lipinski definition) is 1. The fraction of sp³-hybridized carbons (Fsp3) is 0.571. The number of hydroxylamine groups is 2. The van der Waals surface area contributed by atoms with Crippen molar-refractivity contribution in [2.75, 3.05) is 13.2 Å². The van der Waals surface area contributed by atoms with Gasteiger partial charge in [-0.1, -0.05) is 41.1 Å². The van der Waals surface area contributed by atoms with Gasteiger partial charge in [0.25, 0.3) is 0 Å². The number of halogens is 1. The summed E-state index contributed by atoms with van der Waals surface area (Å²) in [7, 11) is 0. The van der Waals surface area contributed by atoms with E-state index in [4.69, 9.17) is 10.6 Å². The summed E-state index contributed by atoms with van der Waals surface area (Å²) in [6.07, 6.45) is 3.25. The molecule has 1 fully saturated rings. The van der Waals surface area contributed by atoms with Crippen molar-refractivity contribution in [3.8, 4) is 0 Å². The van der Waals surface area contributed by atoms with E-state index in [-0.39, 0.29) is 12.1 Å². The van der Waals surface area contributed by atoms with E-state index in [0.717, 1.165) is 30.5 Å². The van der Waals surface area contributed by atoms with Gasteiger partial charge in [0.15, 0.2) is 0 Å². The molecule has 2 rings (SSSR count). The van der Waals surface area contributed by atoms with E-state index >= 15 is 0 Å². The van der Waals surface area contributed by atoms with Crippen molar-refractivity contribution in [1.82, 2.24) is 5.06 Å². The first kappa shape index (κ1) is 14.0. The smallest absolute Gasteiger partial charge is 0.0763 e. The molecule has 0 bridgehead atoms. The molecule has 0 amide bonds. The van der Waals surface area contributed by atoms with E-state index in [1.54, 1.807) is 0 Å². The average Bonchev–Trinajstić information content (AvgIpc) is 2.42. The Kier molecular flexibility index (Phi) is 5.18. The van der Waals surface area contributed by atoms with Crippen LogP contribution in [-0.2, 0) is 4.84 Å². The molecule has 1 heterocycles. The van der Waals surface area contributed by atoms with Gasteiger partial charge in [0.05, 0.1) is 12.6 Å². The predicted octanol–water partition coefficient (Wildman–Crippen LogP) is 3.25. The van der Waals surface area contributed by atoms with Crippen molar-refractivity contribution in [2.24, 2.45) is 5.73 Å². The first-order valence-corrected chi connectivity index (χ1v) is 7.43. The van der Waals surface area contributed by atoms with Gasteiger partial charge >= 0.3 is 0 Å². The molecule has 100 valence electrons. The molecular weight excluding hydrogens is 292 g/mol. The lowest BCUT2D eigenvalue weighted by molar-refractivity contribution is -0.212. The second-order valence-electron chi connectivity index (χ2n) is 4.72. The summed E-state index contributed by atoms with van der Waals surface area (Å²) in [5.74, 6) is 0. The van der Waals surface area contributed by atoms with Gasteiger partial charge in [-0.3, -0.25) is 4.84 Å². The number of nitrogens with two attached hydrogens (primary N) is 1. The molecule has 0 saturated carbocycles. The third-order valence-corrected chi connectivity index (χ3v) is 4.16. The quantitative estimate of drug-likeness (QED) is 0.927. The lowest BCUT2D eigenvalue weighted by atomic mass is 9.97. The Morgan fingerprint density at radius 2 is 2.17 bits per heavy atom.